The molecule has 0 fully saturated rings. The van der Waals surface area contributed by atoms with Crippen LogP contribution >= 0.6 is 0 Å². The normalized spacial score (nSPS) is 13.8. The predicted octanol–water partition coefficient (Wildman–Crippen LogP) is 6.89. The van der Waals surface area contributed by atoms with Gasteiger partial charge >= 0.3 is 0 Å². The molecule has 0 aliphatic carbocycles. The van der Waals surface area contributed by atoms with Gasteiger partial charge in [0.15, 0.2) is 0 Å². The third-order valence-electron chi connectivity index (χ3n) is 5.04. The van der Waals surface area contributed by atoms with Crippen molar-refractivity contribution < 1.29 is 12.6 Å². The molecule has 0 spiro atoms. The van der Waals surface area contributed by atoms with Crippen LogP contribution in [0.3, 0.4) is 0 Å². The quantitative estimate of drug-likeness (QED) is 0.180. The lowest BCUT2D eigenvalue weighted by Gasteiger charge is -2.12. The fourth-order valence-electron chi connectivity index (χ4n) is 3.29. The van der Waals surface area contributed by atoms with E-state index in [4.69, 9.17) is 4.18 Å². The Kier molecular flexibility index (Phi) is 12.4. The van der Waals surface area contributed by atoms with Gasteiger partial charge in [0.1, 0.15) is 5.75 Å². The van der Waals surface area contributed by atoms with Crippen molar-refractivity contribution in [3.8, 4) is 0 Å². The second-order valence-electron chi connectivity index (χ2n) is 8.52. The van der Waals surface area contributed by atoms with Gasteiger partial charge < -0.3 is 0 Å². The molecular weight excluding hydrogens is 368 g/mol. The van der Waals surface area contributed by atoms with Crippen molar-refractivity contribution in [2.75, 3.05) is 6.61 Å². The molecule has 0 radical (unpaired) electrons. The number of rotatable bonds is 15. The molecule has 160 valence electrons. The van der Waals surface area contributed by atoms with Crippen LogP contribution in [0.15, 0.2) is 42.0 Å². The fourth-order valence-corrected chi connectivity index (χ4v) is 4.34. The van der Waals surface area contributed by atoms with E-state index in [0.717, 1.165) is 36.7 Å². The molecule has 1 unspecified atom stereocenters. The second-order valence-corrected chi connectivity index (χ2v) is 10.2. The average Bonchev–Trinajstić information content (AvgIpc) is 2.61. The maximum atomic E-state index is 12.0. The van der Waals surface area contributed by atoms with E-state index in [2.05, 4.69) is 33.8 Å². The monoisotopic (exact) mass is 408 g/mol. The summed E-state index contributed by atoms with van der Waals surface area (Å²) >= 11 is 0. The van der Waals surface area contributed by atoms with Crippen LogP contribution in [0.5, 0.6) is 0 Å². The van der Waals surface area contributed by atoms with Gasteiger partial charge in [-0.05, 0) is 50.0 Å². The topological polar surface area (TPSA) is 43.4 Å². The van der Waals surface area contributed by atoms with Gasteiger partial charge in [0.2, 0.25) is 0 Å². The van der Waals surface area contributed by atoms with E-state index in [1.807, 2.05) is 18.2 Å². The van der Waals surface area contributed by atoms with Gasteiger partial charge in [-0.2, -0.15) is 8.42 Å². The summed E-state index contributed by atoms with van der Waals surface area (Å²) in [5.74, 6) is 1.57. The molecule has 0 heterocycles. The third-order valence-corrected chi connectivity index (χ3v) is 6.25. The Hall–Kier alpha value is -1.13. The largest absolute Gasteiger partial charge is 0.271 e. The first-order valence-corrected chi connectivity index (χ1v) is 12.4. The fraction of sp³-hybridized carbons (Fsp3) is 0.667. The Morgan fingerprint density at radius 1 is 1.00 bits per heavy atom. The van der Waals surface area contributed by atoms with Crippen LogP contribution < -0.4 is 0 Å². The molecule has 1 aromatic carbocycles. The van der Waals surface area contributed by atoms with Gasteiger partial charge in [0, 0.05) is 0 Å². The van der Waals surface area contributed by atoms with Crippen LogP contribution in [0.25, 0.3) is 0 Å². The van der Waals surface area contributed by atoms with Crippen LogP contribution in [-0.4, -0.2) is 15.0 Å². The maximum absolute atomic E-state index is 12.0. The average molecular weight is 409 g/mol. The summed E-state index contributed by atoms with van der Waals surface area (Å²) in [6.45, 7) is 9.39. The van der Waals surface area contributed by atoms with E-state index < -0.39 is 10.1 Å². The number of unbranched alkanes of at least 4 members (excludes halogenated alkanes) is 1. The molecule has 1 rings (SSSR count). The summed E-state index contributed by atoms with van der Waals surface area (Å²) in [6, 6.07) is 9.16. The van der Waals surface area contributed by atoms with Gasteiger partial charge in [-0.3, -0.25) is 4.18 Å². The number of allylic oxidation sites excluding steroid dienone is 2. The third kappa shape index (κ3) is 13.1. The zero-order valence-electron chi connectivity index (χ0n) is 18.3. The highest BCUT2D eigenvalue weighted by atomic mass is 32.2. The summed E-state index contributed by atoms with van der Waals surface area (Å²) in [5, 5.41) is 0. The molecule has 0 saturated heterocycles. The minimum absolute atomic E-state index is 0.0575. The number of hydrogen-bond donors (Lipinski definition) is 0. The van der Waals surface area contributed by atoms with E-state index in [1.54, 1.807) is 12.1 Å². The van der Waals surface area contributed by atoms with E-state index in [1.165, 1.54) is 37.7 Å². The van der Waals surface area contributed by atoms with Crippen LogP contribution in [0, 0.1) is 11.8 Å². The molecule has 0 aliphatic heterocycles. The van der Waals surface area contributed by atoms with Gasteiger partial charge in [-0.1, -0.05) is 88.4 Å². The summed E-state index contributed by atoms with van der Waals surface area (Å²) < 4.78 is 29.1. The highest BCUT2D eigenvalue weighted by Crippen LogP contribution is 2.19. The molecule has 0 aromatic heterocycles. The molecule has 0 N–H and O–H groups in total. The second kappa shape index (κ2) is 13.9. The molecule has 0 aliphatic rings. The lowest BCUT2D eigenvalue weighted by atomic mass is 9.94. The molecule has 3 nitrogen and oxygen atoms in total. The van der Waals surface area contributed by atoms with Gasteiger partial charge in [-0.25, -0.2) is 0 Å². The summed E-state index contributed by atoms with van der Waals surface area (Å²) in [6.07, 6.45) is 11.5. The Morgan fingerprint density at radius 2 is 1.68 bits per heavy atom. The Bertz CT molecular complexity index is 648. The molecular formula is C24H40O3S. The number of hydrogen-bond acceptors (Lipinski definition) is 3. The Balaban J connectivity index is 2.12. The maximum Gasteiger partial charge on any atom is 0.271 e. The smallest absolute Gasteiger partial charge is 0.270 e. The zero-order chi connectivity index (χ0) is 20.8. The first-order valence-electron chi connectivity index (χ1n) is 10.8. The number of benzene rings is 1. The Labute approximate surface area is 173 Å². The van der Waals surface area contributed by atoms with Crippen molar-refractivity contribution >= 4 is 10.1 Å². The molecule has 1 atom stereocenters. The summed E-state index contributed by atoms with van der Waals surface area (Å²) in [7, 11) is -3.49. The zero-order valence-corrected chi connectivity index (χ0v) is 19.1. The van der Waals surface area contributed by atoms with E-state index in [9.17, 15) is 8.42 Å². The van der Waals surface area contributed by atoms with Gasteiger partial charge in [-0.15, -0.1) is 0 Å². The molecule has 0 amide bonds. The SMILES string of the molecule is CC(=CCCCOS(=O)(=O)Cc1ccccc1)CCCC(C)CCCC(C)C. The first-order chi connectivity index (χ1) is 13.3. The van der Waals surface area contributed by atoms with Crippen LogP contribution in [0.2, 0.25) is 0 Å². The van der Waals surface area contributed by atoms with Crippen molar-refractivity contribution in [1.82, 2.24) is 0 Å². The standard InChI is InChI=1S/C24H40O3S/c1-21(2)12-10-14-23(4)16-11-15-22(3)13-8-9-19-27-28(25,26)20-24-17-6-5-7-18-24/h5-7,13,17-18,21,23H,8-12,14-16,19-20H2,1-4H3. The van der Waals surface area contributed by atoms with Gasteiger partial charge in [0.05, 0.1) is 6.61 Å². The summed E-state index contributed by atoms with van der Waals surface area (Å²) in [4.78, 5) is 0. The lowest BCUT2D eigenvalue weighted by Crippen LogP contribution is -2.09. The molecule has 0 saturated carbocycles. The van der Waals surface area contributed by atoms with E-state index in [-0.39, 0.29) is 12.4 Å². The van der Waals surface area contributed by atoms with Crippen molar-refractivity contribution in [2.45, 2.75) is 84.8 Å². The van der Waals surface area contributed by atoms with Crippen LogP contribution in [0.1, 0.15) is 84.6 Å². The van der Waals surface area contributed by atoms with E-state index >= 15 is 0 Å². The summed E-state index contributed by atoms with van der Waals surface area (Å²) in [5.41, 5.74) is 2.16. The minimum Gasteiger partial charge on any atom is -0.270 e. The molecule has 1 aromatic rings. The van der Waals surface area contributed by atoms with Crippen molar-refractivity contribution in [3.05, 3.63) is 47.5 Å². The molecule has 28 heavy (non-hydrogen) atoms. The van der Waals surface area contributed by atoms with Crippen LogP contribution in [0.4, 0.5) is 0 Å². The van der Waals surface area contributed by atoms with Crippen molar-refractivity contribution in [3.63, 3.8) is 0 Å². The van der Waals surface area contributed by atoms with E-state index in [0.29, 0.717) is 0 Å². The minimum atomic E-state index is -3.49. The van der Waals surface area contributed by atoms with Crippen molar-refractivity contribution in [2.24, 2.45) is 11.8 Å². The first kappa shape index (κ1) is 24.9. The lowest BCUT2D eigenvalue weighted by molar-refractivity contribution is 0.312. The predicted molar refractivity (Wildman–Crippen MR) is 120 cm³/mol. The molecule has 4 heteroatoms. The van der Waals surface area contributed by atoms with Crippen molar-refractivity contribution in [1.29, 1.82) is 0 Å². The highest BCUT2D eigenvalue weighted by molar-refractivity contribution is 7.85. The van der Waals surface area contributed by atoms with Gasteiger partial charge in [0.25, 0.3) is 10.1 Å². The van der Waals surface area contributed by atoms with Crippen LogP contribution in [-0.2, 0) is 20.1 Å². The highest BCUT2D eigenvalue weighted by Gasteiger charge is 2.11. The Morgan fingerprint density at radius 3 is 2.36 bits per heavy atom. The molecule has 0 bridgehead atoms.